The van der Waals surface area contributed by atoms with Gasteiger partial charge in [0.05, 0.1) is 12.2 Å². The van der Waals surface area contributed by atoms with Gasteiger partial charge in [-0.05, 0) is 32.1 Å². The third-order valence-corrected chi connectivity index (χ3v) is 3.29. The average Bonchev–Trinajstić information content (AvgIpc) is 2.60. The molecule has 0 aromatic heterocycles. The fourth-order valence-electron chi connectivity index (χ4n) is 1.90. The zero-order chi connectivity index (χ0) is 19.5. The van der Waals surface area contributed by atoms with E-state index in [0.717, 1.165) is 12.8 Å². The fraction of sp³-hybridized carbons (Fsp3) is 0.409. The molecule has 0 aliphatic carbocycles. The minimum Gasteiger partial charge on any atom is -0.481 e. The molecule has 4 nitrogen and oxygen atoms in total. The van der Waals surface area contributed by atoms with Gasteiger partial charge in [0.25, 0.3) is 0 Å². The highest BCUT2D eigenvalue weighted by atomic mass is 16.4. The van der Waals surface area contributed by atoms with Gasteiger partial charge in [0.15, 0.2) is 0 Å². The molecule has 0 aliphatic heterocycles. The van der Waals surface area contributed by atoms with Crippen LogP contribution in [0.2, 0.25) is 0 Å². The quantitative estimate of drug-likeness (QED) is 0.315. The molecule has 0 bridgehead atoms. The van der Waals surface area contributed by atoms with Crippen molar-refractivity contribution in [2.24, 2.45) is 0 Å². The van der Waals surface area contributed by atoms with E-state index in [1.807, 2.05) is 48.6 Å². The van der Waals surface area contributed by atoms with E-state index in [1.54, 1.807) is 24.3 Å². The van der Waals surface area contributed by atoms with Crippen LogP contribution in [0.5, 0.6) is 0 Å². The maximum Gasteiger partial charge on any atom is 0.303 e. The van der Waals surface area contributed by atoms with Crippen LogP contribution >= 0.6 is 0 Å². The first-order valence-electron chi connectivity index (χ1n) is 9.10. The Labute approximate surface area is 157 Å². The van der Waals surface area contributed by atoms with E-state index in [4.69, 9.17) is 5.11 Å². The predicted octanol–water partition coefficient (Wildman–Crippen LogP) is 4.49. The predicted molar refractivity (Wildman–Crippen MR) is 108 cm³/mol. The number of rotatable bonds is 14. The molecule has 0 saturated carbocycles. The van der Waals surface area contributed by atoms with Crippen molar-refractivity contribution >= 4 is 5.97 Å². The van der Waals surface area contributed by atoms with Crippen molar-refractivity contribution in [2.75, 3.05) is 0 Å². The third-order valence-electron chi connectivity index (χ3n) is 3.29. The number of carboxylic acids is 1. The second-order valence-electron chi connectivity index (χ2n) is 5.75. The number of carbonyl (C=O) groups is 1. The summed E-state index contributed by atoms with van der Waals surface area (Å²) >= 11 is 0. The summed E-state index contributed by atoms with van der Waals surface area (Å²) in [6, 6.07) is 0. The number of hydrogen-bond donors (Lipinski definition) is 3. The lowest BCUT2D eigenvalue weighted by atomic mass is 10.2. The van der Waals surface area contributed by atoms with Gasteiger partial charge in [-0.2, -0.15) is 0 Å². The largest absolute Gasteiger partial charge is 0.481 e. The van der Waals surface area contributed by atoms with E-state index < -0.39 is 18.2 Å². The Morgan fingerprint density at radius 1 is 0.808 bits per heavy atom. The highest BCUT2D eigenvalue weighted by molar-refractivity contribution is 5.66. The van der Waals surface area contributed by atoms with Crippen LogP contribution in [0.3, 0.4) is 0 Å². The van der Waals surface area contributed by atoms with Gasteiger partial charge in [0.2, 0.25) is 0 Å². The molecule has 2 unspecified atom stereocenters. The van der Waals surface area contributed by atoms with Crippen molar-refractivity contribution in [3.8, 4) is 0 Å². The standard InChI is InChI=1S/C22H32O4/c1-2-3-10-15-20(23)17-12-8-9-13-18-21(24)16-11-6-4-5-7-14-19-22(25)26/h3,5-13,17-18,20-21,23-24H,2,4,14-16,19H2,1H3,(H,25,26)/b7-5-,9-8+,10-3-,11-6-,17-12-,18-13+. The van der Waals surface area contributed by atoms with Crippen molar-refractivity contribution in [1.82, 2.24) is 0 Å². The molecular weight excluding hydrogens is 328 g/mol. The number of hydrogen-bond acceptors (Lipinski definition) is 3. The summed E-state index contributed by atoms with van der Waals surface area (Å²) in [5.41, 5.74) is 0. The number of aliphatic carboxylic acids is 1. The van der Waals surface area contributed by atoms with Crippen LogP contribution in [-0.4, -0.2) is 33.5 Å². The first-order chi connectivity index (χ1) is 12.6. The summed E-state index contributed by atoms with van der Waals surface area (Å²) in [4.78, 5) is 10.3. The van der Waals surface area contributed by atoms with Gasteiger partial charge < -0.3 is 15.3 Å². The summed E-state index contributed by atoms with van der Waals surface area (Å²) in [7, 11) is 0. The van der Waals surface area contributed by atoms with Crippen LogP contribution in [0.15, 0.2) is 72.9 Å². The molecule has 0 aliphatic rings. The lowest BCUT2D eigenvalue weighted by molar-refractivity contribution is -0.136. The Kier molecular flexibility index (Phi) is 16.2. The zero-order valence-corrected chi connectivity index (χ0v) is 15.6. The fourth-order valence-corrected chi connectivity index (χ4v) is 1.90. The Hall–Kier alpha value is -2.17. The Morgan fingerprint density at radius 3 is 1.88 bits per heavy atom. The molecule has 0 aromatic carbocycles. The van der Waals surface area contributed by atoms with Crippen LogP contribution in [-0.2, 0) is 4.79 Å². The lowest BCUT2D eigenvalue weighted by Gasteiger charge is -1.99. The molecule has 3 N–H and O–H groups in total. The molecule has 2 atom stereocenters. The van der Waals surface area contributed by atoms with Gasteiger partial charge in [-0.3, -0.25) is 4.79 Å². The first kappa shape index (κ1) is 23.8. The molecule has 0 heterocycles. The van der Waals surface area contributed by atoms with Gasteiger partial charge in [-0.25, -0.2) is 0 Å². The van der Waals surface area contributed by atoms with Gasteiger partial charge in [0, 0.05) is 6.42 Å². The molecule has 0 amide bonds. The monoisotopic (exact) mass is 360 g/mol. The molecule has 0 radical (unpaired) electrons. The van der Waals surface area contributed by atoms with Crippen molar-refractivity contribution in [1.29, 1.82) is 0 Å². The normalized spacial score (nSPS) is 15.5. The molecule has 0 fully saturated rings. The summed E-state index contributed by atoms with van der Waals surface area (Å²) in [5, 5.41) is 28.0. The topological polar surface area (TPSA) is 77.8 Å². The molecule has 0 saturated heterocycles. The van der Waals surface area contributed by atoms with Crippen molar-refractivity contribution in [3.63, 3.8) is 0 Å². The van der Waals surface area contributed by atoms with Crippen molar-refractivity contribution in [2.45, 2.75) is 57.7 Å². The maximum atomic E-state index is 10.3. The summed E-state index contributed by atoms with van der Waals surface area (Å²) < 4.78 is 0. The Bertz CT molecular complexity index is 524. The van der Waals surface area contributed by atoms with E-state index >= 15 is 0 Å². The van der Waals surface area contributed by atoms with Crippen LogP contribution in [0.25, 0.3) is 0 Å². The number of aliphatic hydroxyl groups excluding tert-OH is 2. The number of carboxylic acid groups (broad SMARTS) is 1. The van der Waals surface area contributed by atoms with E-state index in [1.165, 1.54) is 0 Å². The van der Waals surface area contributed by atoms with Crippen molar-refractivity contribution in [3.05, 3.63) is 72.9 Å². The first-order valence-corrected chi connectivity index (χ1v) is 9.10. The molecular formula is C22H32O4. The van der Waals surface area contributed by atoms with E-state index in [2.05, 4.69) is 6.92 Å². The van der Waals surface area contributed by atoms with Gasteiger partial charge in [0.1, 0.15) is 0 Å². The molecule has 4 heteroatoms. The molecule has 0 spiro atoms. The Morgan fingerprint density at radius 2 is 1.35 bits per heavy atom. The summed E-state index contributed by atoms with van der Waals surface area (Å²) in [6.45, 7) is 2.06. The van der Waals surface area contributed by atoms with Gasteiger partial charge in [-0.15, -0.1) is 0 Å². The highest BCUT2D eigenvalue weighted by Crippen LogP contribution is 2.00. The number of allylic oxidation sites excluding steroid dienone is 8. The third kappa shape index (κ3) is 18.2. The zero-order valence-electron chi connectivity index (χ0n) is 15.6. The summed E-state index contributed by atoms with van der Waals surface area (Å²) in [6.07, 6.45) is 24.8. The van der Waals surface area contributed by atoms with Gasteiger partial charge in [-0.1, -0.05) is 79.8 Å². The molecule has 144 valence electrons. The maximum absolute atomic E-state index is 10.3. The molecule has 0 aromatic rings. The van der Waals surface area contributed by atoms with Crippen LogP contribution < -0.4 is 0 Å². The lowest BCUT2D eigenvalue weighted by Crippen LogP contribution is -1.98. The average molecular weight is 360 g/mol. The minimum atomic E-state index is -0.787. The van der Waals surface area contributed by atoms with E-state index in [-0.39, 0.29) is 6.42 Å². The highest BCUT2D eigenvalue weighted by Gasteiger charge is 1.94. The van der Waals surface area contributed by atoms with E-state index in [0.29, 0.717) is 19.3 Å². The Balaban J connectivity index is 3.87. The number of aliphatic hydroxyl groups is 2. The van der Waals surface area contributed by atoms with Crippen LogP contribution in [0.4, 0.5) is 0 Å². The molecule has 26 heavy (non-hydrogen) atoms. The second-order valence-corrected chi connectivity index (χ2v) is 5.75. The molecule has 0 rings (SSSR count). The van der Waals surface area contributed by atoms with E-state index in [9.17, 15) is 15.0 Å². The van der Waals surface area contributed by atoms with Crippen LogP contribution in [0.1, 0.15) is 45.4 Å². The second kappa shape index (κ2) is 17.6. The van der Waals surface area contributed by atoms with Gasteiger partial charge >= 0.3 is 5.97 Å². The smallest absolute Gasteiger partial charge is 0.303 e. The van der Waals surface area contributed by atoms with Crippen LogP contribution in [0, 0.1) is 0 Å². The minimum absolute atomic E-state index is 0.154. The SMILES string of the molecule is CC/C=C\CC(O)\C=C/C=C/C=C/C(O)C/C=C\C/C=C\CCC(=O)O. The van der Waals surface area contributed by atoms with Crippen molar-refractivity contribution < 1.29 is 20.1 Å². The summed E-state index contributed by atoms with van der Waals surface area (Å²) in [5.74, 6) is -0.787.